The number of benzene rings is 1. The van der Waals surface area contributed by atoms with Gasteiger partial charge in [-0.3, -0.25) is 0 Å². The Morgan fingerprint density at radius 3 is 2.50 bits per heavy atom. The van der Waals surface area contributed by atoms with Crippen LogP contribution in [0.1, 0.15) is 54.7 Å². The van der Waals surface area contributed by atoms with Crippen molar-refractivity contribution in [2.75, 3.05) is 0 Å². The molecule has 0 aliphatic heterocycles. The van der Waals surface area contributed by atoms with Gasteiger partial charge < -0.3 is 4.57 Å². The summed E-state index contributed by atoms with van der Waals surface area (Å²) in [6.45, 7) is 5.33. The van der Waals surface area contributed by atoms with Gasteiger partial charge in [0.2, 0.25) is 0 Å². The van der Waals surface area contributed by atoms with E-state index in [1.807, 2.05) is 0 Å². The van der Waals surface area contributed by atoms with E-state index in [4.69, 9.17) is 0 Å². The van der Waals surface area contributed by atoms with Crippen LogP contribution in [0.15, 0.2) is 46.3 Å². The largest absolute Gasteiger partial charge is 0.309 e. The van der Waals surface area contributed by atoms with Crippen LogP contribution < -0.4 is 0 Å². The number of thiophene rings is 1. The highest BCUT2D eigenvalue weighted by atomic mass is 79.9. The monoisotopic (exact) mass is 401 g/mol. The van der Waals surface area contributed by atoms with Crippen molar-refractivity contribution >= 4 is 27.3 Å². The number of halogens is 1. The lowest BCUT2D eigenvalue weighted by molar-refractivity contribution is 0.548. The molecule has 24 heavy (non-hydrogen) atoms. The summed E-state index contributed by atoms with van der Waals surface area (Å²) in [5.41, 5.74) is 1.13. The van der Waals surface area contributed by atoms with Crippen LogP contribution in [-0.4, -0.2) is 14.8 Å². The lowest BCUT2D eigenvalue weighted by Crippen LogP contribution is -2.24. The van der Waals surface area contributed by atoms with Crippen LogP contribution in [0.3, 0.4) is 0 Å². The van der Waals surface area contributed by atoms with Crippen molar-refractivity contribution in [3.63, 3.8) is 0 Å². The molecule has 2 aromatic heterocycles. The summed E-state index contributed by atoms with van der Waals surface area (Å²) in [5, 5.41) is 9.21. The molecule has 0 atom stereocenters. The van der Waals surface area contributed by atoms with E-state index in [0.717, 1.165) is 22.0 Å². The lowest BCUT2D eigenvalue weighted by atomic mass is 9.90. The Balaban J connectivity index is 1.78. The average molecular weight is 402 g/mol. The molecule has 1 aromatic carbocycles. The maximum absolute atomic E-state index is 4.64. The number of hydrogen-bond donors (Lipinski definition) is 0. The molecule has 1 fully saturated rings. The van der Waals surface area contributed by atoms with Crippen LogP contribution in [0, 0.1) is 0 Å². The van der Waals surface area contributed by atoms with Gasteiger partial charge in [0, 0.05) is 10.8 Å². The summed E-state index contributed by atoms with van der Waals surface area (Å²) in [4.78, 5) is 1.30. The second-order valence-corrected chi connectivity index (χ2v) is 9.42. The number of aromatic nitrogens is 3. The maximum Gasteiger partial charge on any atom is 0.144 e. The molecule has 0 saturated heterocycles. The van der Waals surface area contributed by atoms with E-state index in [-0.39, 0.29) is 5.41 Å². The van der Waals surface area contributed by atoms with Crippen LogP contribution in [-0.2, 0) is 12.0 Å². The van der Waals surface area contributed by atoms with Crippen molar-refractivity contribution in [3.05, 3.63) is 68.3 Å². The molecule has 1 aliphatic rings. The van der Waals surface area contributed by atoms with Gasteiger partial charge in [0.05, 0.1) is 15.7 Å². The van der Waals surface area contributed by atoms with Crippen LogP contribution in [0.5, 0.6) is 0 Å². The minimum atomic E-state index is -0.161. The predicted molar refractivity (Wildman–Crippen MR) is 102 cm³/mol. The summed E-state index contributed by atoms with van der Waals surface area (Å²) >= 11 is 5.36. The lowest BCUT2D eigenvalue weighted by Gasteiger charge is -2.24. The zero-order valence-corrected chi connectivity index (χ0v) is 16.3. The van der Waals surface area contributed by atoms with Gasteiger partial charge in [0.15, 0.2) is 0 Å². The molecule has 0 bridgehead atoms. The van der Waals surface area contributed by atoms with E-state index in [9.17, 15) is 0 Å². The Labute approximate surface area is 154 Å². The Morgan fingerprint density at radius 1 is 1.12 bits per heavy atom. The van der Waals surface area contributed by atoms with Gasteiger partial charge in [-0.15, -0.1) is 21.5 Å². The molecule has 0 N–H and O–H groups in total. The van der Waals surface area contributed by atoms with Gasteiger partial charge in [-0.25, -0.2) is 0 Å². The summed E-state index contributed by atoms with van der Waals surface area (Å²) < 4.78 is 3.50. The van der Waals surface area contributed by atoms with Crippen molar-refractivity contribution in [1.82, 2.24) is 14.8 Å². The molecule has 124 valence electrons. The fraction of sp³-hybridized carbons (Fsp3) is 0.368. The topological polar surface area (TPSA) is 30.7 Å². The smallest absolute Gasteiger partial charge is 0.144 e. The highest BCUT2D eigenvalue weighted by molar-refractivity contribution is 9.11. The molecule has 1 saturated carbocycles. The van der Waals surface area contributed by atoms with Crippen molar-refractivity contribution in [3.8, 4) is 0 Å². The second kappa shape index (κ2) is 6.12. The third-order valence-corrected chi connectivity index (χ3v) is 6.60. The van der Waals surface area contributed by atoms with E-state index in [1.165, 1.54) is 23.3 Å². The van der Waals surface area contributed by atoms with Crippen LogP contribution in [0.25, 0.3) is 0 Å². The van der Waals surface area contributed by atoms with Crippen molar-refractivity contribution in [1.29, 1.82) is 0 Å². The number of rotatable bonds is 5. The van der Waals surface area contributed by atoms with Crippen LogP contribution >= 0.6 is 27.3 Å². The molecule has 0 spiro atoms. The normalized spacial score (nSPS) is 15.0. The van der Waals surface area contributed by atoms with E-state index >= 15 is 0 Å². The molecule has 1 aliphatic carbocycles. The first-order chi connectivity index (χ1) is 11.6. The molecule has 3 nitrogen and oxygen atoms in total. The Kier molecular flexibility index (Phi) is 4.09. The number of nitrogens with zero attached hydrogens (tertiary/aromatic N) is 3. The van der Waals surface area contributed by atoms with E-state index in [1.54, 1.807) is 11.3 Å². The third kappa shape index (κ3) is 2.95. The minimum Gasteiger partial charge on any atom is -0.309 e. The molecule has 4 rings (SSSR count). The van der Waals surface area contributed by atoms with Gasteiger partial charge in [0.1, 0.15) is 11.6 Å². The zero-order chi connectivity index (χ0) is 16.7. The summed E-state index contributed by atoms with van der Waals surface area (Å²) in [6, 6.07) is 14.9. The average Bonchev–Trinajstić information content (AvgIpc) is 3.17. The van der Waals surface area contributed by atoms with E-state index in [2.05, 4.69) is 87.0 Å². The van der Waals surface area contributed by atoms with Gasteiger partial charge in [-0.2, -0.15) is 0 Å². The summed E-state index contributed by atoms with van der Waals surface area (Å²) in [7, 11) is 0. The number of hydrogen-bond acceptors (Lipinski definition) is 3. The molecule has 3 aromatic rings. The van der Waals surface area contributed by atoms with Crippen molar-refractivity contribution in [2.45, 2.75) is 44.6 Å². The minimum absolute atomic E-state index is 0.161. The first-order valence-electron chi connectivity index (χ1n) is 8.29. The molecule has 0 unspecified atom stereocenters. The Bertz CT molecular complexity index is 847. The summed E-state index contributed by atoms with van der Waals surface area (Å²) in [5.74, 6) is 2.79. The molecule has 0 radical (unpaired) electrons. The van der Waals surface area contributed by atoms with Gasteiger partial charge in [-0.05, 0) is 60.3 Å². The first-order valence-corrected chi connectivity index (χ1v) is 9.90. The van der Waals surface area contributed by atoms with Gasteiger partial charge in [0.25, 0.3) is 0 Å². The van der Waals surface area contributed by atoms with Crippen molar-refractivity contribution in [2.24, 2.45) is 0 Å². The quantitative estimate of drug-likeness (QED) is 0.576. The summed E-state index contributed by atoms with van der Waals surface area (Å²) in [6.07, 6.45) is 2.47. The molecule has 0 amide bonds. The van der Waals surface area contributed by atoms with Gasteiger partial charge >= 0.3 is 0 Å². The second-order valence-electron chi connectivity index (χ2n) is 6.96. The first kappa shape index (κ1) is 16.0. The molecular formula is C19H20BrN3S. The van der Waals surface area contributed by atoms with Crippen molar-refractivity contribution < 1.29 is 0 Å². The van der Waals surface area contributed by atoms with E-state index in [0.29, 0.717) is 5.92 Å². The fourth-order valence-electron chi connectivity index (χ4n) is 3.10. The van der Waals surface area contributed by atoms with E-state index < -0.39 is 0 Å². The Morgan fingerprint density at radius 2 is 1.88 bits per heavy atom. The third-order valence-electron chi connectivity index (χ3n) is 4.65. The molecular weight excluding hydrogens is 382 g/mol. The SMILES string of the molecule is CC(C)(c1ccc(Br)s1)c1nnc(C2CC2)n1Cc1ccccc1. The van der Waals surface area contributed by atoms with Gasteiger partial charge in [-0.1, -0.05) is 30.3 Å². The zero-order valence-electron chi connectivity index (χ0n) is 13.9. The predicted octanol–water partition coefficient (Wildman–Crippen LogP) is 5.35. The van der Waals surface area contributed by atoms with Crippen LogP contribution in [0.2, 0.25) is 0 Å². The molecule has 2 heterocycles. The Hall–Kier alpha value is -1.46. The standard InChI is InChI=1S/C19H20BrN3S/c1-19(2,15-10-11-16(20)24-15)18-22-21-17(14-8-9-14)23(18)12-13-6-4-3-5-7-13/h3-7,10-11,14H,8-9,12H2,1-2H3. The molecule has 5 heteroatoms. The maximum atomic E-state index is 4.64. The van der Waals surface area contributed by atoms with Crippen LogP contribution in [0.4, 0.5) is 0 Å². The highest BCUT2D eigenvalue weighted by Gasteiger charge is 2.36. The highest BCUT2D eigenvalue weighted by Crippen LogP contribution is 2.42. The fourth-order valence-corrected chi connectivity index (χ4v) is 4.59.